The number of amides is 1. The van der Waals surface area contributed by atoms with Crippen molar-refractivity contribution in [1.29, 1.82) is 0 Å². The molecule has 24 heavy (non-hydrogen) atoms. The fourth-order valence-electron chi connectivity index (χ4n) is 2.70. The van der Waals surface area contributed by atoms with Gasteiger partial charge < -0.3 is 9.80 Å². The molecule has 9 heteroatoms. The molecule has 0 saturated heterocycles. The SMILES string of the molecule is CCn1cc(C(=O)N2CCN(CC(F)(F)F)c3ccccc32)nn1. The Morgan fingerprint density at radius 2 is 1.92 bits per heavy atom. The van der Waals surface area contributed by atoms with Crippen molar-refractivity contribution in [2.24, 2.45) is 0 Å². The summed E-state index contributed by atoms with van der Waals surface area (Å²) in [4.78, 5) is 15.3. The minimum absolute atomic E-state index is 0.101. The molecular weight excluding hydrogens is 323 g/mol. The van der Waals surface area contributed by atoms with E-state index in [1.165, 1.54) is 20.7 Å². The van der Waals surface area contributed by atoms with E-state index in [2.05, 4.69) is 10.3 Å². The maximum atomic E-state index is 12.8. The molecule has 1 amide bonds. The molecular formula is C15H16F3N5O. The number of aromatic nitrogens is 3. The van der Waals surface area contributed by atoms with Gasteiger partial charge in [-0.1, -0.05) is 17.3 Å². The lowest BCUT2D eigenvalue weighted by atomic mass is 10.1. The van der Waals surface area contributed by atoms with Gasteiger partial charge >= 0.3 is 6.18 Å². The van der Waals surface area contributed by atoms with E-state index in [1.807, 2.05) is 6.92 Å². The van der Waals surface area contributed by atoms with Crippen LogP contribution in [-0.4, -0.2) is 46.7 Å². The molecule has 1 aliphatic rings. The van der Waals surface area contributed by atoms with Crippen LogP contribution in [0.25, 0.3) is 0 Å². The number of hydrogen-bond donors (Lipinski definition) is 0. The van der Waals surface area contributed by atoms with Crippen LogP contribution in [0.1, 0.15) is 17.4 Å². The zero-order chi connectivity index (χ0) is 17.3. The van der Waals surface area contributed by atoms with Gasteiger partial charge in [0.2, 0.25) is 0 Å². The molecule has 0 aliphatic carbocycles. The van der Waals surface area contributed by atoms with E-state index < -0.39 is 12.7 Å². The number of carbonyl (C=O) groups excluding carboxylic acids is 1. The highest BCUT2D eigenvalue weighted by molar-refractivity contribution is 6.07. The van der Waals surface area contributed by atoms with Crippen molar-refractivity contribution in [3.8, 4) is 0 Å². The van der Waals surface area contributed by atoms with Crippen molar-refractivity contribution in [2.75, 3.05) is 29.4 Å². The number of aryl methyl sites for hydroxylation is 1. The van der Waals surface area contributed by atoms with Crippen LogP contribution in [0.4, 0.5) is 24.5 Å². The van der Waals surface area contributed by atoms with Crippen LogP contribution in [0.2, 0.25) is 0 Å². The highest BCUT2D eigenvalue weighted by atomic mass is 19.4. The molecule has 2 heterocycles. The van der Waals surface area contributed by atoms with E-state index in [0.29, 0.717) is 17.9 Å². The molecule has 0 atom stereocenters. The molecule has 1 aromatic heterocycles. The minimum atomic E-state index is -4.30. The Morgan fingerprint density at radius 1 is 1.21 bits per heavy atom. The second-order valence-corrected chi connectivity index (χ2v) is 5.44. The third-order valence-electron chi connectivity index (χ3n) is 3.80. The molecule has 128 valence electrons. The maximum absolute atomic E-state index is 12.8. The molecule has 0 N–H and O–H groups in total. The largest absolute Gasteiger partial charge is 0.405 e. The van der Waals surface area contributed by atoms with Crippen LogP contribution in [0, 0.1) is 0 Å². The fourth-order valence-corrected chi connectivity index (χ4v) is 2.70. The van der Waals surface area contributed by atoms with Crippen LogP contribution in [-0.2, 0) is 6.54 Å². The predicted octanol–water partition coefficient (Wildman–Crippen LogP) is 2.33. The van der Waals surface area contributed by atoms with E-state index >= 15 is 0 Å². The van der Waals surface area contributed by atoms with Crippen molar-refractivity contribution in [3.63, 3.8) is 0 Å². The zero-order valence-corrected chi connectivity index (χ0v) is 13.0. The van der Waals surface area contributed by atoms with Crippen molar-refractivity contribution in [2.45, 2.75) is 19.6 Å². The van der Waals surface area contributed by atoms with E-state index in [0.717, 1.165) is 0 Å². The van der Waals surface area contributed by atoms with Gasteiger partial charge in [-0.05, 0) is 19.1 Å². The lowest BCUT2D eigenvalue weighted by molar-refractivity contribution is -0.119. The van der Waals surface area contributed by atoms with Gasteiger partial charge in [-0.2, -0.15) is 13.2 Å². The summed E-state index contributed by atoms with van der Waals surface area (Å²) in [7, 11) is 0. The summed E-state index contributed by atoms with van der Waals surface area (Å²) in [6.45, 7) is 1.66. The standard InChI is InChI=1S/C15H16F3N5O/c1-2-22-9-11(19-20-22)14(24)23-8-7-21(10-15(16,17)18)12-5-3-4-6-13(12)23/h3-6,9H,2,7-8,10H2,1H3. The lowest BCUT2D eigenvalue weighted by Gasteiger charge is -2.37. The van der Waals surface area contributed by atoms with Gasteiger partial charge in [-0.15, -0.1) is 5.10 Å². The Labute approximate surface area is 136 Å². The normalized spacial score (nSPS) is 14.7. The number of fused-ring (bicyclic) bond motifs is 1. The third-order valence-corrected chi connectivity index (χ3v) is 3.80. The summed E-state index contributed by atoms with van der Waals surface area (Å²) in [6.07, 6.45) is -2.77. The number of anilines is 2. The monoisotopic (exact) mass is 339 g/mol. The molecule has 2 aromatic rings. The molecule has 0 fully saturated rings. The van der Waals surface area contributed by atoms with E-state index in [-0.39, 0.29) is 24.7 Å². The number of para-hydroxylation sites is 2. The summed E-state index contributed by atoms with van der Waals surface area (Å²) >= 11 is 0. The predicted molar refractivity (Wildman–Crippen MR) is 82.1 cm³/mol. The van der Waals surface area contributed by atoms with Gasteiger partial charge in [0.05, 0.1) is 17.6 Å². The first-order chi connectivity index (χ1) is 11.4. The van der Waals surface area contributed by atoms with E-state index in [1.54, 1.807) is 24.3 Å². The maximum Gasteiger partial charge on any atom is 0.405 e. The van der Waals surface area contributed by atoms with Crippen molar-refractivity contribution < 1.29 is 18.0 Å². The van der Waals surface area contributed by atoms with Crippen LogP contribution in [0.3, 0.4) is 0 Å². The van der Waals surface area contributed by atoms with Gasteiger partial charge in [-0.3, -0.25) is 9.48 Å². The van der Waals surface area contributed by atoms with Crippen LogP contribution < -0.4 is 9.80 Å². The van der Waals surface area contributed by atoms with Gasteiger partial charge in [-0.25, -0.2) is 0 Å². The zero-order valence-electron chi connectivity index (χ0n) is 13.0. The molecule has 1 aromatic carbocycles. The highest BCUT2D eigenvalue weighted by Crippen LogP contribution is 2.35. The number of benzene rings is 1. The molecule has 3 rings (SSSR count). The van der Waals surface area contributed by atoms with Gasteiger partial charge in [0.15, 0.2) is 5.69 Å². The van der Waals surface area contributed by atoms with Gasteiger partial charge in [0, 0.05) is 19.6 Å². The topological polar surface area (TPSA) is 54.3 Å². The second-order valence-electron chi connectivity index (χ2n) is 5.44. The summed E-state index contributed by atoms with van der Waals surface area (Å²) in [5.41, 5.74) is 1.01. The summed E-state index contributed by atoms with van der Waals surface area (Å²) in [5.74, 6) is -0.367. The number of halogens is 3. The van der Waals surface area contributed by atoms with Gasteiger partial charge in [0.1, 0.15) is 6.54 Å². The highest BCUT2D eigenvalue weighted by Gasteiger charge is 2.35. The molecule has 0 unspecified atom stereocenters. The second kappa shape index (κ2) is 6.14. The number of nitrogens with zero attached hydrogens (tertiary/aromatic N) is 5. The Morgan fingerprint density at radius 3 is 2.54 bits per heavy atom. The Hall–Kier alpha value is -2.58. The molecule has 0 radical (unpaired) electrons. The molecule has 6 nitrogen and oxygen atoms in total. The Balaban J connectivity index is 1.90. The smallest absolute Gasteiger partial charge is 0.359 e. The molecule has 0 saturated carbocycles. The van der Waals surface area contributed by atoms with Crippen molar-refractivity contribution in [1.82, 2.24) is 15.0 Å². The van der Waals surface area contributed by atoms with Crippen molar-refractivity contribution in [3.05, 3.63) is 36.2 Å². The molecule has 0 bridgehead atoms. The average molecular weight is 339 g/mol. The summed E-state index contributed by atoms with van der Waals surface area (Å²) < 4.78 is 39.8. The van der Waals surface area contributed by atoms with Gasteiger partial charge in [0.25, 0.3) is 5.91 Å². The van der Waals surface area contributed by atoms with Crippen LogP contribution >= 0.6 is 0 Å². The Bertz CT molecular complexity index is 743. The van der Waals surface area contributed by atoms with E-state index in [9.17, 15) is 18.0 Å². The van der Waals surface area contributed by atoms with Crippen LogP contribution in [0.5, 0.6) is 0 Å². The first-order valence-electron chi connectivity index (χ1n) is 7.52. The average Bonchev–Trinajstić information content (AvgIpc) is 3.02. The summed E-state index contributed by atoms with van der Waals surface area (Å²) in [5, 5.41) is 7.67. The lowest BCUT2D eigenvalue weighted by Crippen LogP contribution is -2.47. The molecule has 1 aliphatic heterocycles. The third kappa shape index (κ3) is 3.19. The minimum Gasteiger partial charge on any atom is -0.359 e. The first kappa shape index (κ1) is 16.3. The summed E-state index contributed by atoms with van der Waals surface area (Å²) in [6, 6.07) is 6.58. The number of rotatable bonds is 3. The number of alkyl halides is 3. The van der Waals surface area contributed by atoms with E-state index in [4.69, 9.17) is 0 Å². The number of carbonyl (C=O) groups is 1. The quantitative estimate of drug-likeness (QED) is 0.861. The van der Waals surface area contributed by atoms with Crippen LogP contribution in [0.15, 0.2) is 30.5 Å². The Kier molecular flexibility index (Phi) is 4.16. The number of hydrogen-bond acceptors (Lipinski definition) is 4. The van der Waals surface area contributed by atoms with Crippen molar-refractivity contribution >= 4 is 17.3 Å². The fraction of sp³-hybridized carbons (Fsp3) is 0.400. The molecule has 0 spiro atoms. The first-order valence-corrected chi connectivity index (χ1v) is 7.52.